The van der Waals surface area contributed by atoms with Crippen molar-refractivity contribution in [3.63, 3.8) is 0 Å². The van der Waals surface area contributed by atoms with Gasteiger partial charge in [0.15, 0.2) is 0 Å². The van der Waals surface area contributed by atoms with Gasteiger partial charge in [-0.1, -0.05) is 11.6 Å². The van der Waals surface area contributed by atoms with Gasteiger partial charge in [0.25, 0.3) is 0 Å². The predicted octanol–water partition coefficient (Wildman–Crippen LogP) is 1.97. The number of nitrogens with zero attached hydrogens (tertiary/aromatic N) is 4. The van der Waals surface area contributed by atoms with Crippen LogP contribution in [0, 0.1) is 6.92 Å². The SMILES string of the molecule is Cc1c(Cl)ncnc1N1CCCC(N(C)C)C1. The van der Waals surface area contributed by atoms with Crippen molar-refractivity contribution >= 4 is 17.4 Å². The van der Waals surface area contributed by atoms with Gasteiger partial charge < -0.3 is 9.80 Å². The molecule has 1 unspecified atom stereocenters. The maximum atomic E-state index is 6.04. The predicted molar refractivity (Wildman–Crippen MR) is 70.7 cm³/mol. The second-order valence-corrected chi connectivity index (χ2v) is 5.18. The van der Waals surface area contributed by atoms with Crippen molar-refractivity contribution in [3.8, 4) is 0 Å². The van der Waals surface area contributed by atoms with Crippen molar-refractivity contribution in [3.05, 3.63) is 17.0 Å². The van der Waals surface area contributed by atoms with Gasteiger partial charge >= 0.3 is 0 Å². The first-order valence-electron chi connectivity index (χ1n) is 5.98. The molecule has 0 N–H and O–H groups in total. The molecule has 1 fully saturated rings. The van der Waals surface area contributed by atoms with E-state index in [0.717, 1.165) is 24.5 Å². The largest absolute Gasteiger partial charge is 0.355 e. The number of hydrogen-bond acceptors (Lipinski definition) is 4. The van der Waals surface area contributed by atoms with Crippen molar-refractivity contribution in [1.82, 2.24) is 14.9 Å². The standard InChI is InChI=1S/C12H19ClN4/c1-9-11(13)14-8-15-12(9)17-6-4-5-10(7-17)16(2)3/h8,10H,4-7H2,1-3H3. The second kappa shape index (κ2) is 5.19. The van der Waals surface area contributed by atoms with E-state index in [1.165, 1.54) is 12.8 Å². The molecule has 1 aliphatic heterocycles. The Hall–Kier alpha value is -0.870. The summed E-state index contributed by atoms with van der Waals surface area (Å²) >= 11 is 6.04. The first-order chi connectivity index (χ1) is 8.09. The third-order valence-electron chi connectivity index (χ3n) is 3.42. The van der Waals surface area contributed by atoms with Crippen molar-refractivity contribution in [2.45, 2.75) is 25.8 Å². The lowest BCUT2D eigenvalue weighted by Crippen LogP contribution is -2.45. The lowest BCUT2D eigenvalue weighted by Gasteiger charge is -2.37. The summed E-state index contributed by atoms with van der Waals surface area (Å²) in [6.07, 6.45) is 4.00. The molecule has 94 valence electrons. The number of hydrogen-bond donors (Lipinski definition) is 0. The number of aromatic nitrogens is 2. The fourth-order valence-corrected chi connectivity index (χ4v) is 2.44. The lowest BCUT2D eigenvalue weighted by atomic mass is 10.0. The van der Waals surface area contributed by atoms with E-state index in [-0.39, 0.29) is 0 Å². The minimum atomic E-state index is 0.557. The maximum absolute atomic E-state index is 6.04. The minimum Gasteiger partial charge on any atom is -0.355 e. The number of anilines is 1. The summed E-state index contributed by atoms with van der Waals surface area (Å²) in [5, 5.41) is 0.557. The summed E-state index contributed by atoms with van der Waals surface area (Å²) in [4.78, 5) is 13.0. The highest BCUT2D eigenvalue weighted by molar-refractivity contribution is 6.30. The van der Waals surface area contributed by atoms with Crippen LogP contribution >= 0.6 is 11.6 Å². The third kappa shape index (κ3) is 2.69. The van der Waals surface area contributed by atoms with E-state index in [9.17, 15) is 0 Å². The van der Waals surface area contributed by atoms with Crippen LogP contribution in [-0.4, -0.2) is 48.1 Å². The molecular formula is C12H19ClN4. The van der Waals surface area contributed by atoms with Crippen LogP contribution in [0.1, 0.15) is 18.4 Å². The van der Waals surface area contributed by atoms with Gasteiger partial charge in [-0.2, -0.15) is 0 Å². The lowest BCUT2D eigenvalue weighted by molar-refractivity contribution is 0.257. The average Bonchev–Trinajstić information content (AvgIpc) is 2.33. The van der Waals surface area contributed by atoms with Gasteiger partial charge in [0.1, 0.15) is 17.3 Å². The Morgan fingerprint density at radius 2 is 2.18 bits per heavy atom. The van der Waals surface area contributed by atoms with Gasteiger partial charge in [0.2, 0.25) is 0 Å². The maximum Gasteiger partial charge on any atom is 0.137 e. The molecule has 1 aromatic rings. The number of rotatable bonds is 2. The van der Waals surface area contributed by atoms with Crippen LogP contribution in [0.15, 0.2) is 6.33 Å². The summed E-state index contributed by atoms with van der Waals surface area (Å²) in [7, 11) is 4.27. The van der Waals surface area contributed by atoms with Gasteiger partial charge in [-0.25, -0.2) is 9.97 Å². The molecule has 0 bridgehead atoms. The molecule has 0 radical (unpaired) electrons. The van der Waals surface area contributed by atoms with Gasteiger partial charge in [0.05, 0.1) is 0 Å². The van der Waals surface area contributed by atoms with Gasteiger partial charge in [-0.3, -0.25) is 0 Å². The zero-order valence-electron chi connectivity index (χ0n) is 10.6. The second-order valence-electron chi connectivity index (χ2n) is 4.82. The van der Waals surface area contributed by atoms with Crippen LogP contribution in [0.3, 0.4) is 0 Å². The first-order valence-corrected chi connectivity index (χ1v) is 6.36. The van der Waals surface area contributed by atoms with Crippen molar-refractivity contribution < 1.29 is 0 Å². The minimum absolute atomic E-state index is 0.557. The fourth-order valence-electron chi connectivity index (χ4n) is 2.31. The van der Waals surface area contributed by atoms with E-state index < -0.39 is 0 Å². The van der Waals surface area contributed by atoms with Crippen molar-refractivity contribution in [2.75, 3.05) is 32.1 Å². The molecule has 1 aromatic heterocycles. The molecule has 0 saturated carbocycles. The molecule has 1 aliphatic rings. The Bertz CT molecular complexity index is 394. The van der Waals surface area contributed by atoms with Crippen LogP contribution in [0.4, 0.5) is 5.82 Å². The van der Waals surface area contributed by atoms with E-state index in [1.807, 2.05) is 6.92 Å². The number of piperidine rings is 1. The van der Waals surface area contributed by atoms with Crippen molar-refractivity contribution in [1.29, 1.82) is 0 Å². The normalized spacial score (nSPS) is 21.0. The Morgan fingerprint density at radius 1 is 1.41 bits per heavy atom. The summed E-state index contributed by atoms with van der Waals surface area (Å²) in [6.45, 7) is 4.05. The third-order valence-corrected chi connectivity index (χ3v) is 3.80. The van der Waals surface area contributed by atoms with Crippen LogP contribution in [0.25, 0.3) is 0 Å². The van der Waals surface area contributed by atoms with Crippen LogP contribution in [0.5, 0.6) is 0 Å². The Labute approximate surface area is 108 Å². The average molecular weight is 255 g/mol. The molecule has 0 spiro atoms. The summed E-state index contributed by atoms with van der Waals surface area (Å²) in [6, 6.07) is 0.594. The summed E-state index contributed by atoms with van der Waals surface area (Å²) < 4.78 is 0. The molecule has 1 saturated heterocycles. The summed E-state index contributed by atoms with van der Waals surface area (Å²) in [5.41, 5.74) is 0.980. The van der Waals surface area contributed by atoms with Crippen LogP contribution < -0.4 is 4.90 Å². The Morgan fingerprint density at radius 3 is 2.88 bits per heavy atom. The van der Waals surface area contributed by atoms with Crippen molar-refractivity contribution in [2.24, 2.45) is 0 Å². The molecule has 0 amide bonds. The molecule has 1 atom stereocenters. The summed E-state index contributed by atoms with van der Waals surface area (Å²) in [5.74, 6) is 0.983. The quantitative estimate of drug-likeness (QED) is 0.756. The van der Waals surface area contributed by atoms with Gasteiger partial charge in [-0.15, -0.1) is 0 Å². The molecular weight excluding hydrogens is 236 g/mol. The zero-order chi connectivity index (χ0) is 12.4. The fraction of sp³-hybridized carbons (Fsp3) is 0.667. The van der Waals surface area contributed by atoms with Crippen LogP contribution in [0.2, 0.25) is 5.15 Å². The molecule has 0 aliphatic carbocycles. The highest BCUT2D eigenvalue weighted by atomic mass is 35.5. The van der Waals surface area contributed by atoms with E-state index >= 15 is 0 Å². The Balaban J connectivity index is 2.19. The van der Waals surface area contributed by atoms with Crippen LogP contribution in [-0.2, 0) is 0 Å². The number of likely N-dealkylation sites (N-methyl/N-ethyl adjacent to an activating group) is 1. The van der Waals surface area contributed by atoms with Gasteiger partial charge in [-0.05, 0) is 33.9 Å². The van der Waals surface area contributed by atoms with E-state index in [1.54, 1.807) is 6.33 Å². The molecule has 4 nitrogen and oxygen atoms in total. The molecule has 0 aromatic carbocycles. The van der Waals surface area contributed by atoms with E-state index in [4.69, 9.17) is 11.6 Å². The monoisotopic (exact) mass is 254 g/mol. The Kier molecular flexibility index (Phi) is 3.84. The number of halogens is 1. The highest BCUT2D eigenvalue weighted by Crippen LogP contribution is 2.25. The molecule has 17 heavy (non-hydrogen) atoms. The molecule has 2 heterocycles. The highest BCUT2D eigenvalue weighted by Gasteiger charge is 2.23. The van der Waals surface area contributed by atoms with Gasteiger partial charge in [0, 0.05) is 24.7 Å². The molecule has 5 heteroatoms. The molecule has 2 rings (SSSR count). The topological polar surface area (TPSA) is 32.3 Å². The zero-order valence-corrected chi connectivity index (χ0v) is 11.4. The first kappa shape index (κ1) is 12.6. The smallest absolute Gasteiger partial charge is 0.137 e. The van der Waals surface area contributed by atoms with E-state index in [0.29, 0.717) is 11.2 Å². The van der Waals surface area contributed by atoms with E-state index in [2.05, 4.69) is 33.9 Å².